The van der Waals surface area contributed by atoms with Gasteiger partial charge in [-0.2, -0.15) is 0 Å². The number of hydrogen-bond acceptors (Lipinski definition) is 8. The monoisotopic (exact) mass is 796 g/mol. The molecule has 3 amide bonds. The molecule has 0 saturated carbocycles. The van der Waals surface area contributed by atoms with Crippen LogP contribution >= 0.6 is 0 Å². The Kier molecular flexibility index (Phi) is 9.93. The molecule has 1 saturated heterocycles. The zero-order valence-electron chi connectivity index (χ0n) is 33.6. The second-order valence-corrected chi connectivity index (χ2v) is 16.4. The number of aromatic amines is 2. The van der Waals surface area contributed by atoms with Gasteiger partial charge in [-0.15, -0.1) is 0 Å². The zero-order valence-corrected chi connectivity index (χ0v) is 33.6. The number of alkyl carbamates (subject to hydrolysis) is 2. The largest absolute Gasteiger partial charge is 0.453 e. The van der Waals surface area contributed by atoms with Gasteiger partial charge >= 0.3 is 12.2 Å². The number of Topliss-reactive ketones (excluding diaryl/α,β-unsaturated/α-hetero) is 1. The predicted molar refractivity (Wildman–Crippen MR) is 222 cm³/mol. The fourth-order valence-corrected chi connectivity index (χ4v) is 9.39. The molecular weight excluding hydrogens is 749 g/mol. The van der Waals surface area contributed by atoms with Crippen LogP contribution in [0.1, 0.15) is 80.3 Å². The van der Waals surface area contributed by atoms with Crippen molar-refractivity contribution in [3.05, 3.63) is 96.0 Å². The number of ether oxygens (including phenoxy) is 2. The van der Waals surface area contributed by atoms with Crippen molar-refractivity contribution in [2.75, 3.05) is 20.8 Å². The van der Waals surface area contributed by atoms with Crippen LogP contribution < -0.4 is 10.6 Å². The van der Waals surface area contributed by atoms with E-state index in [0.29, 0.717) is 25.9 Å². The number of aryl methyl sites for hydroxylation is 1. The van der Waals surface area contributed by atoms with E-state index in [1.165, 1.54) is 14.2 Å². The number of rotatable bonds is 8. The molecule has 1 unspecified atom stereocenters. The fourth-order valence-electron chi connectivity index (χ4n) is 9.39. The number of fused-ring (bicyclic) bond motifs is 2. The van der Waals surface area contributed by atoms with E-state index in [1.54, 1.807) is 0 Å². The number of amides is 3. The van der Waals surface area contributed by atoms with Crippen molar-refractivity contribution in [1.82, 2.24) is 40.0 Å². The fraction of sp³-hybridized carbons (Fsp3) is 0.378. The van der Waals surface area contributed by atoms with E-state index < -0.39 is 24.1 Å². The lowest BCUT2D eigenvalue weighted by molar-refractivity contribution is -0.135. The molecule has 304 valence electrons. The number of carbonyl (C=O) groups is 4. The van der Waals surface area contributed by atoms with Gasteiger partial charge in [0.2, 0.25) is 5.91 Å². The third-order valence-corrected chi connectivity index (χ3v) is 12.4. The van der Waals surface area contributed by atoms with Crippen LogP contribution in [0.2, 0.25) is 0 Å². The van der Waals surface area contributed by atoms with Gasteiger partial charge in [-0.3, -0.25) is 9.59 Å². The average molecular weight is 797 g/mol. The van der Waals surface area contributed by atoms with Crippen molar-refractivity contribution in [1.29, 1.82) is 0 Å². The zero-order chi connectivity index (χ0) is 40.9. The maximum absolute atomic E-state index is 13.9. The molecule has 1 fully saturated rings. The van der Waals surface area contributed by atoms with Gasteiger partial charge in [0.1, 0.15) is 23.5 Å². The number of methoxy groups -OCH3 is 2. The number of hydrogen-bond donors (Lipinski definition) is 4. The Labute approximate surface area is 341 Å². The third-order valence-electron chi connectivity index (χ3n) is 12.4. The first-order valence-electron chi connectivity index (χ1n) is 20.4. The molecule has 3 aromatic carbocycles. The van der Waals surface area contributed by atoms with Crippen LogP contribution in [0.4, 0.5) is 9.59 Å². The van der Waals surface area contributed by atoms with Gasteiger partial charge < -0.3 is 39.5 Å². The van der Waals surface area contributed by atoms with Crippen LogP contribution in [0.25, 0.3) is 44.2 Å². The maximum atomic E-state index is 13.9. The first-order valence-corrected chi connectivity index (χ1v) is 20.4. The first-order chi connectivity index (χ1) is 28.6. The lowest BCUT2D eigenvalue weighted by Gasteiger charge is -2.31. The second kappa shape index (κ2) is 15.4. The summed E-state index contributed by atoms with van der Waals surface area (Å²) in [6.07, 6.45) is 6.16. The highest BCUT2D eigenvalue weighted by Crippen LogP contribution is 2.40. The smallest absolute Gasteiger partial charge is 0.407 e. The van der Waals surface area contributed by atoms with Crippen molar-refractivity contribution < 1.29 is 28.7 Å². The normalized spacial score (nSPS) is 20.7. The number of H-pyrrole nitrogens is 2. The van der Waals surface area contributed by atoms with E-state index in [-0.39, 0.29) is 35.6 Å². The summed E-state index contributed by atoms with van der Waals surface area (Å²) in [7, 11) is 2.63. The summed E-state index contributed by atoms with van der Waals surface area (Å²) in [6, 6.07) is 19.9. The SMILES string of the molecule is COC(=O)N[C@H]1CCc2ccn3c2C1C(=O)C[C@H](c1nc2ccc(-c4ccc5cc(-c6cnc([C@@H]7CCCN7C(=O)[C@@H](NC(=O)OC)C(C)C)[nH]6)ccc5c4)cc2[nH]1)C3. The lowest BCUT2D eigenvalue weighted by atomic mass is 9.79. The molecule has 3 aromatic heterocycles. The van der Waals surface area contributed by atoms with Gasteiger partial charge in [-0.1, -0.05) is 44.2 Å². The summed E-state index contributed by atoms with van der Waals surface area (Å²) in [6.45, 7) is 5.02. The van der Waals surface area contributed by atoms with Crippen molar-refractivity contribution in [3.63, 3.8) is 0 Å². The molecule has 59 heavy (non-hydrogen) atoms. The number of carbonyl (C=O) groups excluding carboxylic acids is 4. The van der Waals surface area contributed by atoms with E-state index in [1.807, 2.05) is 31.0 Å². The number of ketones is 1. The number of nitrogens with one attached hydrogen (secondary N) is 4. The quantitative estimate of drug-likeness (QED) is 0.126. The van der Waals surface area contributed by atoms with Crippen LogP contribution in [0, 0.1) is 5.92 Å². The highest BCUT2D eigenvalue weighted by atomic mass is 16.5. The Balaban J connectivity index is 0.921. The van der Waals surface area contributed by atoms with E-state index in [4.69, 9.17) is 19.4 Å². The Morgan fingerprint density at radius 1 is 0.881 bits per heavy atom. The summed E-state index contributed by atoms with van der Waals surface area (Å²) in [5, 5.41) is 7.79. The van der Waals surface area contributed by atoms with Gasteiger partial charge in [0, 0.05) is 48.9 Å². The van der Waals surface area contributed by atoms with Gasteiger partial charge in [0.05, 0.1) is 49.1 Å². The van der Waals surface area contributed by atoms with Crippen LogP contribution in [0.15, 0.2) is 73.1 Å². The Morgan fingerprint density at radius 2 is 1.63 bits per heavy atom. The molecule has 4 N–H and O–H groups in total. The molecule has 3 aliphatic rings. The van der Waals surface area contributed by atoms with E-state index in [0.717, 1.165) is 86.4 Å². The number of likely N-dealkylation sites (tertiary alicyclic amines) is 1. The minimum atomic E-state index is -0.691. The molecule has 1 aliphatic carbocycles. The third kappa shape index (κ3) is 7.10. The number of aromatic nitrogens is 5. The van der Waals surface area contributed by atoms with Crippen molar-refractivity contribution in [3.8, 4) is 22.4 Å². The van der Waals surface area contributed by atoms with Crippen LogP contribution in [0.3, 0.4) is 0 Å². The average Bonchev–Trinajstić information content (AvgIpc) is 4.07. The van der Waals surface area contributed by atoms with Gasteiger partial charge in [0.15, 0.2) is 0 Å². The highest BCUT2D eigenvalue weighted by molar-refractivity contribution is 5.92. The molecule has 2 aliphatic heterocycles. The summed E-state index contributed by atoms with van der Waals surface area (Å²) >= 11 is 0. The Bertz CT molecular complexity index is 2600. The maximum Gasteiger partial charge on any atom is 0.407 e. The first kappa shape index (κ1) is 38.1. The van der Waals surface area contributed by atoms with Gasteiger partial charge in [-0.05, 0) is 89.4 Å². The molecule has 9 rings (SSSR count). The minimum Gasteiger partial charge on any atom is -0.453 e. The molecule has 14 nitrogen and oxygen atoms in total. The molecule has 0 radical (unpaired) electrons. The summed E-state index contributed by atoms with van der Waals surface area (Å²) in [4.78, 5) is 70.2. The second-order valence-electron chi connectivity index (χ2n) is 16.4. The van der Waals surface area contributed by atoms with Crippen molar-refractivity contribution in [2.24, 2.45) is 5.92 Å². The van der Waals surface area contributed by atoms with Gasteiger partial charge in [-0.25, -0.2) is 19.6 Å². The van der Waals surface area contributed by atoms with Crippen LogP contribution in [0.5, 0.6) is 0 Å². The van der Waals surface area contributed by atoms with E-state index >= 15 is 0 Å². The van der Waals surface area contributed by atoms with E-state index in [2.05, 4.69) is 86.0 Å². The van der Waals surface area contributed by atoms with E-state index in [9.17, 15) is 19.2 Å². The Hall–Kier alpha value is -6.44. The standard InChI is InChI=1S/C45H48N8O6/c1-24(2)39(51-45(57)59-4)43(55)53-16-5-6-36(53)42-46-22-35(49-42)30-10-9-26-18-27(7-8-28(26)19-30)29-12-13-32-34(20-29)48-41(47-32)31-21-37(54)38-33(50-44(56)58-3)14-11-25-15-17-52(23-31)40(25)38/h7-10,12-13,15,17-20,22,24,31,33,36,38-39H,5-6,11,14,16,21,23H2,1-4H3,(H,46,49)(H,47,48)(H,50,56)(H,51,57)/t31-,33-,36-,38?,39-/m0/s1. The minimum absolute atomic E-state index is 0.0989. The number of benzene rings is 3. The van der Waals surface area contributed by atoms with Crippen LogP contribution in [-0.2, 0) is 32.0 Å². The van der Waals surface area contributed by atoms with Crippen molar-refractivity contribution >= 4 is 45.7 Å². The topological polar surface area (TPSA) is 176 Å². The highest BCUT2D eigenvalue weighted by Gasteiger charge is 2.42. The van der Waals surface area contributed by atoms with Crippen molar-refractivity contribution in [2.45, 2.75) is 82.5 Å². The lowest BCUT2D eigenvalue weighted by Crippen LogP contribution is -2.51. The molecule has 0 bridgehead atoms. The summed E-state index contributed by atoms with van der Waals surface area (Å²) in [5.74, 6) is 0.789. The Morgan fingerprint density at radius 3 is 2.41 bits per heavy atom. The summed E-state index contributed by atoms with van der Waals surface area (Å²) in [5.41, 5.74) is 7.87. The summed E-state index contributed by atoms with van der Waals surface area (Å²) < 4.78 is 11.8. The molecule has 0 spiro atoms. The van der Waals surface area contributed by atoms with Gasteiger partial charge in [0.25, 0.3) is 0 Å². The molecule has 6 aromatic rings. The molecule has 5 heterocycles. The predicted octanol–water partition coefficient (Wildman–Crippen LogP) is 7.13. The number of nitrogens with zero attached hydrogens (tertiary/aromatic N) is 4. The molecule has 14 heteroatoms. The molecular formula is C45H48N8O6. The number of imidazole rings is 2. The van der Waals surface area contributed by atoms with Crippen LogP contribution in [-0.4, -0.2) is 86.1 Å². The molecule has 5 atom stereocenters.